The van der Waals surface area contributed by atoms with E-state index in [1.807, 2.05) is 0 Å². The van der Waals surface area contributed by atoms with Gasteiger partial charge in [0, 0.05) is 12.8 Å². The van der Waals surface area contributed by atoms with Crippen LogP contribution in [0.5, 0.6) is 0 Å². The van der Waals surface area contributed by atoms with E-state index >= 15 is 0 Å². The zero-order valence-electron chi connectivity index (χ0n) is 39.9. The molecule has 0 heterocycles. The minimum absolute atomic E-state index is 0.147. The molecule has 0 aliphatic heterocycles. The maximum Gasteiger partial charge on any atom is 0.472 e. The Hall–Kier alpha value is -2.11. The zero-order chi connectivity index (χ0) is 46.3. The average Bonchev–Trinajstić information content (AvgIpc) is 3.27. The first-order chi connectivity index (χ1) is 30.6. The Labute approximate surface area is 384 Å². The van der Waals surface area contributed by atoms with Gasteiger partial charge < -0.3 is 29.7 Å². The first-order valence-electron chi connectivity index (χ1n) is 25.2. The van der Waals surface area contributed by atoms with Crippen LogP contribution in [0.15, 0.2) is 48.6 Å². The van der Waals surface area contributed by atoms with Crippen molar-refractivity contribution in [3.63, 3.8) is 0 Å². The van der Waals surface area contributed by atoms with E-state index in [2.05, 4.69) is 62.5 Å². The van der Waals surface area contributed by atoms with E-state index < -0.39 is 57.9 Å². The standard InChI is InChI=1S/C51H93O11P/c1-3-5-7-9-11-13-15-17-19-21-23-25-27-29-31-33-35-37-39-41-50(55)59-44-47(45-60-63(57,58)61-46-49(54)48(53)43-52)62-51(56)42-40-38-36-34-32-30-28-26-24-22-20-18-16-14-12-10-8-6-4-2/h11-14,23-26,47-49,52-54H,3-10,15-22,27-46H2,1-2H3,(H,57,58)/b13-11?,14-12-,25-23?,26-24-/t47-,48-,49-/m1/s1. The molecule has 0 bridgehead atoms. The molecule has 63 heavy (non-hydrogen) atoms. The summed E-state index contributed by atoms with van der Waals surface area (Å²) in [5.41, 5.74) is 0. The topological polar surface area (TPSA) is 169 Å². The van der Waals surface area contributed by atoms with Gasteiger partial charge in [-0.15, -0.1) is 0 Å². The van der Waals surface area contributed by atoms with Crippen LogP contribution >= 0.6 is 7.82 Å². The van der Waals surface area contributed by atoms with Gasteiger partial charge in [-0.1, -0.05) is 140 Å². The third-order valence-electron chi connectivity index (χ3n) is 10.8. The number of phosphoric acid groups is 1. The molecule has 0 fully saturated rings. The highest BCUT2D eigenvalue weighted by Crippen LogP contribution is 2.43. The van der Waals surface area contributed by atoms with Gasteiger partial charge in [-0.2, -0.15) is 0 Å². The molecular formula is C51H93O11P. The minimum Gasteiger partial charge on any atom is -0.462 e. The summed E-state index contributed by atoms with van der Waals surface area (Å²) in [5, 5.41) is 28.2. The summed E-state index contributed by atoms with van der Waals surface area (Å²) < 4.78 is 33.0. The first-order valence-corrected chi connectivity index (χ1v) is 26.7. The molecule has 12 heteroatoms. The van der Waals surface area contributed by atoms with E-state index in [0.717, 1.165) is 89.9 Å². The molecule has 368 valence electrons. The number of esters is 2. The zero-order valence-corrected chi connectivity index (χ0v) is 40.8. The first kappa shape index (κ1) is 60.9. The van der Waals surface area contributed by atoms with Crippen LogP contribution in [0.25, 0.3) is 0 Å². The summed E-state index contributed by atoms with van der Waals surface area (Å²) in [6, 6.07) is 0. The van der Waals surface area contributed by atoms with Gasteiger partial charge in [0.1, 0.15) is 18.8 Å². The molecule has 0 rings (SSSR count). The molecule has 0 aromatic heterocycles. The van der Waals surface area contributed by atoms with Crippen molar-refractivity contribution in [1.29, 1.82) is 0 Å². The lowest BCUT2D eigenvalue weighted by Gasteiger charge is -2.21. The number of hydrogen-bond donors (Lipinski definition) is 4. The number of hydrogen-bond acceptors (Lipinski definition) is 10. The number of ether oxygens (including phenoxy) is 2. The number of aliphatic hydroxyl groups is 3. The van der Waals surface area contributed by atoms with Crippen LogP contribution in [0.4, 0.5) is 0 Å². The maximum absolute atomic E-state index is 12.7. The van der Waals surface area contributed by atoms with Crippen LogP contribution in [0.1, 0.15) is 219 Å². The number of phosphoric ester groups is 1. The fraction of sp³-hybridized carbons (Fsp3) is 0.804. The van der Waals surface area contributed by atoms with Crippen molar-refractivity contribution in [3.05, 3.63) is 48.6 Å². The summed E-state index contributed by atoms with van der Waals surface area (Å²) in [6.45, 7) is 1.97. The van der Waals surface area contributed by atoms with Gasteiger partial charge in [0.15, 0.2) is 6.10 Å². The van der Waals surface area contributed by atoms with Crippen LogP contribution in [0.2, 0.25) is 0 Å². The number of carbonyl (C=O) groups is 2. The highest BCUT2D eigenvalue weighted by molar-refractivity contribution is 7.47. The molecule has 0 aromatic carbocycles. The second-order valence-corrected chi connectivity index (χ2v) is 18.4. The Balaban J connectivity index is 4.36. The minimum atomic E-state index is -4.75. The van der Waals surface area contributed by atoms with Crippen LogP contribution in [0.3, 0.4) is 0 Å². The maximum atomic E-state index is 12.7. The predicted molar refractivity (Wildman–Crippen MR) is 257 cm³/mol. The summed E-state index contributed by atoms with van der Waals surface area (Å²) in [7, 11) is -4.75. The van der Waals surface area contributed by atoms with Gasteiger partial charge in [-0.25, -0.2) is 4.57 Å². The smallest absolute Gasteiger partial charge is 0.462 e. The molecule has 4 atom stereocenters. The fourth-order valence-electron chi connectivity index (χ4n) is 6.73. The number of allylic oxidation sites excluding steroid dienone is 8. The Kier molecular flexibility index (Phi) is 44.9. The van der Waals surface area contributed by atoms with E-state index in [1.54, 1.807) is 0 Å². The van der Waals surface area contributed by atoms with Crippen molar-refractivity contribution < 1.29 is 52.9 Å². The van der Waals surface area contributed by atoms with Crippen molar-refractivity contribution in [2.75, 3.05) is 26.4 Å². The van der Waals surface area contributed by atoms with E-state index in [-0.39, 0.29) is 19.4 Å². The predicted octanol–water partition coefficient (Wildman–Crippen LogP) is 13.0. The molecule has 0 aliphatic carbocycles. The second-order valence-electron chi connectivity index (χ2n) is 16.9. The Morgan fingerprint density at radius 2 is 0.794 bits per heavy atom. The lowest BCUT2D eigenvalue weighted by Crippen LogP contribution is -2.33. The number of aliphatic hydroxyl groups excluding tert-OH is 3. The SMILES string of the molecule is CCCCCC=CCCCCC=CCCCCCCCCC(=O)OC[C@H](COP(=O)(O)OC[C@@H](O)[C@H](O)CO)OC(=O)CCCCCCCC/C=C\CCCC/C=C\CCCCC. The van der Waals surface area contributed by atoms with E-state index in [1.165, 1.54) is 89.9 Å². The number of rotatable bonds is 47. The molecule has 0 saturated carbocycles. The van der Waals surface area contributed by atoms with Gasteiger partial charge in [0.25, 0.3) is 0 Å². The van der Waals surface area contributed by atoms with Crippen LogP contribution in [-0.2, 0) is 32.7 Å². The molecule has 0 amide bonds. The third kappa shape index (κ3) is 44.9. The van der Waals surface area contributed by atoms with Crippen LogP contribution < -0.4 is 0 Å². The molecule has 4 N–H and O–H groups in total. The van der Waals surface area contributed by atoms with Gasteiger partial charge >= 0.3 is 19.8 Å². The Morgan fingerprint density at radius 1 is 0.460 bits per heavy atom. The monoisotopic (exact) mass is 913 g/mol. The second kappa shape index (κ2) is 46.4. The van der Waals surface area contributed by atoms with Gasteiger partial charge in [0.2, 0.25) is 0 Å². The fourth-order valence-corrected chi connectivity index (χ4v) is 7.50. The van der Waals surface area contributed by atoms with E-state index in [9.17, 15) is 29.3 Å². The summed E-state index contributed by atoms with van der Waals surface area (Å²) in [6.07, 6.45) is 48.4. The van der Waals surface area contributed by atoms with Crippen LogP contribution in [-0.4, -0.2) is 76.9 Å². The lowest BCUT2D eigenvalue weighted by molar-refractivity contribution is -0.161. The third-order valence-corrected chi connectivity index (χ3v) is 11.7. The number of unbranched alkanes of at least 4 members (excludes halogenated alkanes) is 24. The largest absolute Gasteiger partial charge is 0.472 e. The molecule has 11 nitrogen and oxygen atoms in total. The van der Waals surface area contributed by atoms with Crippen molar-refractivity contribution in [1.82, 2.24) is 0 Å². The van der Waals surface area contributed by atoms with Gasteiger partial charge in [-0.3, -0.25) is 18.6 Å². The summed E-state index contributed by atoms with van der Waals surface area (Å²) in [5.74, 6) is -0.990. The van der Waals surface area contributed by atoms with Crippen molar-refractivity contribution in [2.24, 2.45) is 0 Å². The summed E-state index contributed by atoms with van der Waals surface area (Å²) in [4.78, 5) is 35.3. The van der Waals surface area contributed by atoms with Crippen LogP contribution in [0, 0.1) is 0 Å². The quantitative estimate of drug-likeness (QED) is 0.0198. The molecule has 0 radical (unpaired) electrons. The normalized spacial score (nSPS) is 14.6. The average molecular weight is 913 g/mol. The molecule has 0 aliphatic rings. The molecular weight excluding hydrogens is 820 g/mol. The summed E-state index contributed by atoms with van der Waals surface area (Å²) >= 11 is 0. The van der Waals surface area contributed by atoms with Crippen molar-refractivity contribution >= 4 is 19.8 Å². The highest BCUT2D eigenvalue weighted by Gasteiger charge is 2.28. The van der Waals surface area contributed by atoms with Gasteiger partial charge in [0.05, 0.1) is 19.8 Å². The Bertz CT molecular complexity index is 1200. The van der Waals surface area contributed by atoms with Crippen molar-refractivity contribution in [2.45, 2.75) is 238 Å². The Morgan fingerprint density at radius 3 is 1.19 bits per heavy atom. The molecule has 1 unspecified atom stereocenters. The van der Waals surface area contributed by atoms with Gasteiger partial charge in [-0.05, 0) is 116 Å². The highest BCUT2D eigenvalue weighted by atomic mass is 31.2. The lowest BCUT2D eigenvalue weighted by atomic mass is 10.1. The number of carbonyl (C=O) groups excluding carboxylic acids is 2. The molecule has 0 saturated heterocycles. The van der Waals surface area contributed by atoms with Crippen molar-refractivity contribution in [3.8, 4) is 0 Å². The van der Waals surface area contributed by atoms with E-state index in [4.69, 9.17) is 23.6 Å². The molecule has 0 spiro atoms. The van der Waals surface area contributed by atoms with E-state index in [0.29, 0.717) is 12.8 Å². The molecule has 0 aromatic rings.